The summed E-state index contributed by atoms with van der Waals surface area (Å²) in [6.45, 7) is 5.84. The number of allylic oxidation sites excluding steroid dienone is 1. The molecule has 0 aliphatic carbocycles. The number of morpholine rings is 1. The van der Waals surface area contributed by atoms with E-state index in [0.717, 1.165) is 6.08 Å². The third-order valence-electron chi connectivity index (χ3n) is 3.74. The van der Waals surface area contributed by atoms with Crippen LogP contribution in [0.3, 0.4) is 0 Å². The van der Waals surface area contributed by atoms with E-state index in [1.165, 1.54) is 11.0 Å². The molecule has 1 atom stereocenters. The number of carbonyl (C=O) groups excluding carboxylic acids is 2. The summed E-state index contributed by atoms with van der Waals surface area (Å²) in [5.74, 6) is -5.03. The van der Waals surface area contributed by atoms with Crippen LogP contribution in [0.5, 0.6) is 0 Å². The highest BCUT2D eigenvalue weighted by Crippen LogP contribution is 2.18. The molecule has 0 unspecified atom stereocenters. The molecule has 1 fully saturated rings. The molecule has 28 heavy (non-hydrogen) atoms. The minimum Gasteiger partial charge on any atom is -0.478 e. The predicted molar refractivity (Wildman–Crippen MR) is 94.3 cm³/mol. The van der Waals surface area contributed by atoms with E-state index in [1.54, 1.807) is 20.8 Å². The number of aromatic carboxylic acids is 1. The predicted octanol–water partition coefficient (Wildman–Crippen LogP) is 3.04. The first-order valence-corrected chi connectivity index (χ1v) is 8.52. The third kappa shape index (κ3) is 5.59. The first-order chi connectivity index (χ1) is 13.0. The molecule has 1 aromatic carbocycles. The molecule has 2 rings (SSSR count). The zero-order valence-corrected chi connectivity index (χ0v) is 15.7. The van der Waals surface area contributed by atoms with Crippen LogP contribution in [0.4, 0.5) is 13.6 Å². The van der Waals surface area contributed by atoms with Gasteiger partial charge in [-0.2, -0.15) is 0 Å². The number of ketones is 1. The number of carbonyl (C=O) groups is 3. The van der Waals surface area contributed by atoms with E-state index in [4.69, 9.17) is 14.6 Å². The monoisotopic (exact) mass is 397 g/mol. The van der Waals surface area contributed by atoms with E-state index >= 15 is 0 Å². The van der Waals surface area contributed by atoms with Crippen LogP contribution in [-0.2, 0) is 9.47 Å². The van der Waals surface area contributed by atoms with Gasteiger partial charge >= 0.3 is 12.1 Å². The number of halogens is 2. The van der Waals surface area contributed by atoms with Crippen LogP contribution in [0.2, 0.25) is 0 Å². The van der Waals surface area contributed by atoms with Crippen LogP contribution in [0, 0.1) is 11.6 Å². The van der Waals surface area contributed by atoms with Crippen LogP contribution in [0.25, 0.3) is 0 Å². The molecule has 1 amide bonds. The molecule has 1 aromatic rings. The fraction of sp³-hybridized carbons (Fsp3) is 0.421. The summed E-state index contributed by atoms with van der Waals surface area (Å²) in [5, 5.41) is 8.79. The van der Waals surface area contributed by atoms with Gasteiger partial charge in [0.25, 0.3) is 0 Å². The number of rotatable bonds is 4. The average molecular weight is 397 g/mol. The molecular formula is C19H21F2NO6. The number of hydrogen-bond donors (Lipinski definition) is 1. The second-order valence-electron chi connectivity index (χ2n) is 7.18. The summed E-state index contributed by atoms with van der Waals surface area (Å²) in [6, 6.07) is 1.15. The van der Waals surface area contributed by atoms with Crippen molar-refractivity contribution in [3.8, 4) is 0 Å². The van der Waals surface area contributed by atoms with Gasteiger partial charge in [0.2, 0.25) is 0 Å². The van der Waals surface area contributed by atoms with Gasteiger partial charge in [0.05, 0.1) is 30.4 Å². The number of carboxylic acids is 1. The van der Waals surface area contributed by atoms with Crippen molar-refractivity contribution in [1.29, 1.82) is 0 Å². The molecule has 1 aliphatic rings. The van der Waals surface area contributed by atoms with E-state index in [-0.39, 0.29) is 13.2 Å². The Hall–Kier alpha value is -2.81. The maximum Gasteiger partial charge on any atom is 0.410 e. The standard InChI is InChI=1S/C19H21F2NO6/c1-19(2,3)28-18(26)22-6-7-27-12(10-22)4-5-15(23)16-13(20)8-11(17(24)25)9-14(16)21/h4-5,8-9,12H,6-7,10H2,1-3H3,(H,24,25)/b5-4+/t12-/m0/s1. The van der Waals surface area contributed by atoms with E-state index in [1.807, 2.05) is 0 Å². The lowest BCUT2D eigenvalue weighted by atomic mass is 10.1. The van der Waals surface area contributed by atoms with Crippen LogP contribution >= 0.6 is 0 Å². The third-order valence-corrected chi connectivity index (χ3v) is 3.74. The van der Waals surface area contributed by atoms with Crippen molar-refractivity contribution in [1.82, 2.24) is 4.90 Å². The van der Waals surface area contributed by atoms with Crippen molar-refractivity contribution in [3.05, 3.63) is 47.0 Å². The van der Waals surface area contributed by atoms with Gasteiger partial charge < -0.3 is 19.5 Å². The molecular weight excluding hydrogens is 376 g/mol. The molecule has 152 valence electrons. The largest absolute Gasteiger partial charge is 0.478 e. The molecule has 0 saturated carbocycles. The number of amides is 1. The Morgan fingerprint density at radius 3 is 2.39 bits per heavy atom. The van der Waals surface area contributed by atoms with E-state index < -0.39 is 52.3 Å². The van der Waals surface area contributed by atoms with Gasteiger partial charge in [0.1, 0.15) is 17.2 Å². The molecule has 1 aliphatic heterocycles. The quantitative estimate of drug-likeness (QED) is 0.620. The Morgan fingerprint density at radius 2 is 1.86 bits per heavy atom. The van der Waals surface area contributed by atoms with Gasteiger partial charge in [-0.05, 0) is 39.0 Å². The minimum absolute atomic E-state index is 0.113. The molecule has 0 aromatic heterocycles. The van der Waals surface area contributed by atoms with E-state index in [9.17, 15) is 23.2 Å². The number of hydrogen-bond acceptors (Lipinski definition) is 5. The number of carboxylic acid groups (broad SMARTS) is 1. The van der Waals surface area contributed by atoms with Gasteiger partial charge in [-0.3, -0.25) is 4.79 Å². The first kappa shape index (κ1) is 21.5. The Kier molecular flexibility index (Phi) is 6.50. The second-order valence-corrected chi connectivity index (χ2v) is 7.18. The van der Waals surface area contributed by atoms with Crippen LogP contribution in [0.15, 0.2) is 24.3 Å². The normalized spacial score (nSPS) is 17.6. The summed E-state index contributed by atoms with van der Waals surface area (Å²) < 4.78 is 38.6. The van der Waals surface area contributed by atoms with Gasteiger partial charge in [-0.15, -0.1) is 0 Å². The zero-order valence-electron chi connectivity index (χ0n) is 15.7. The summed E-state index contributed by atoms with van der Waals surface area (Å²) in [7, 11) is 0. The van der Waals surface area contributed by atoms with Crippen molar-refractivity contribution >= 4 is 17.8 Å². The van der Waals surface area contributed by atoms with Crippen LogP contribution < -0.4 is 0 Å². The Labute approximate surface area is 160 Å². The fourth-order valence-electron chi connectivity index (χ4n) is 2.49. The van der Waals surface area contributed by atoms with Crippen molar-refractivity contribution < 1.29 is 37.7 Å². The lowest BCUT2D eigenvalue weighted by molar-refractivity contribution is -0.0263. The summed E-state index contributed by atoms with van der Waals surface area (Å²) in [4.78, 5) is 36.5. The summed E-state index contributed by atoms with van der Waals surface area (Å²) >= 11 is 0. The molecule has 1 N–H and O–H groups in total. The molecule has 9 heteroatoms. The van der Waals surface area contributed by atoms with Crippen molar-refractivity contribution in [2.75, 3.05) is 19.7 Å². The fourth-order valence-corrected chi connectivity index (χ4v) is 2.49. The van der Waals surface area contributed by atoms with Gasteiger partial charge in [0.15, 0.2) is 5.78 Å². The Balaban J connectivity index is 2.08. The maximum absolute atomic E-state index is 14.0. The number of benzene rings is 1. The average Bonchev–Trinajstić information content (AvgIpc) is 2.58. The maximum atomic E-state index is 14.0. The minimum atomic E-state index is -1.51. The van der Waals surface area contributed by atoms with E-state index in [0.29, 0.717) is 18.7 Å². The van der Waals surface area contributed by atoms with Crippen LogP contribution in [0.1, 0.15) is 41.5 Å². The van der Waals surface area contributed by atoms with Crippen molar-refractivity contribution in [2.45, 2.75) is 32.5 Å². The first-order valence-electron chi connectivity index (χ1n) is 8.52. The Bertz CT molecular complexity index is 792. The van der Waals surface area contributed by atoms with Gasteiger partial charge in [0, 0.05) is 6.54 Å². The molecule has 1 heterocycles. The van der Waals surface area contributed by atoms with E-state index in [2.05, 4.69) is 0 Å². The highest BCUT2D eigenvalue weighted by atomic mass is 19.1. The summed E-state index contributed by atoms with van der Waals surface area (Å²) in [5.41, 5.74) is -2.12. The second kappa shape index (κ2) is 8.47. The molecule has 0 radical (unpaired) electrons. The SMILES string of the molecule is CC(C)(C)OC(=O)N1CCO[C@@H](/C=C/C(=O)c2c(F)cc(C(=O)O)cc2F)C1. The molecule has 0 spiro atoms. The number of ether oxygens (including phenoxy) is 2. The highest BCUT2D eigenvalue weighted by molar-refractivity contribution is 6.05. The molecule has 1 saturated heterocycles. The lowest BCUT2D eigenvalue weighted by Gasteiger charge is -2.33. The number of nitrogens with zero attached hydrogens (tertiary/aromatic N) is 1. The molecule has 7 nitrogen and oxygen atoms in total. The summed E-state index contributed by atoms with van der Waals surface area (Å²) in [6.07, 6.45) is 1.05. The van der Waals surface area contributed by atoms with Gasteiger partial charge in [-0.25, -0.2) is 18.4 Å². The lowest BCUT2D eigenvalue weighted by Crippen LogP contribution is -2.46. The smallest absolute Gasteiger partial charge is 0.410 e. The molecule has 0 bridgehead atoms. The van der Waals surface area contributed by atoms with Crippen molar-refractivity contribution in [2.24, 2.45) is 0 Å². The van der Waals surface area contributed by atoms with Gasteiger partial charge in [-0.1, -0.05) is 6.08 Å². The Morgan fingerprint density at radius 1 is 1.25 bits per heavy atom. The zero-order chi connectivity index (χ0) is 21.1. The highest BCUT2D eigenvalue weighted by Gasteiger charge is 2.27. The van der Waals surface area contributed by atoms with Crippen LogP contribution in [-0.4, -0.2) is 59.3 Å². The topological polar surface area (TPSA) is 93.1 Å². The van der Waals surface area contributed by atoms with Crippen molar-refractivity contribution in [3.63, 3.8) is 0 Å².